The monoisotopic (exact) mass is 598 g/mol. The molecule has 1 amide bonds. The van der Waals surface area contributed by atoms with E-state index in [-0.39, 0.29) is 36.2 Å². The summed E-state index contributed by atoms with van der Waals surface area (Å²) in [6.07, 6.45) is 1.04. The number of halogens is 2. The van der Waals surface area contributed by atoms with Gasteiger partial charge in [-0.25, -0.2) is 0 Å². The lowest BCUT2D eigenvalue weighted by atomic mass is 10.0. The van der Waals surface area contributed by atoms with Gasteiger partial charge in [-0.05, 0) is 54.3 Å². The highest BCUT2D eigenvalue weighted by molar-refractivity contribution is 7.16. The Balaban J connectivity index is 1.35. The van der Waals surface area contributed by atoms with Crippen molar-refractivity contribution in [1.29, 1.82) is 0 Å². The van der Waals surface area contributed by atoms with Gasteiger partial charge < -0.3 is 10.8 Å². The van der Waals surface area contributed by atoms with E-state index in [1.165, 1.54) is 11.3 Å². The summed E-state index contributed by atoms with van der Waals surface area (Å²) in [6, 6.07) is 15.9. The van der Waals surface area contributed by atoms with Crippen LogP contribution < -0.4 is 5.73 Å². The van der Waals surface area contributed by atoms with E-state index >= 15 is 0 Å². The van der Waals surface area contributed by atoms with Crippen LogP contribution in [-0.4, -0.2) is 34.8 Å². The summed E-state index contributed by atoms with van der Waals surface area (Å²) in [4.78, 5) is 42.5. The van der Waals surface area contributed by atoms with Crippen molar-refractivity contribution in [3.63, 3.8) is 0 Å². The van der Waals surface area contributed by atoms with Crippen LogP contribution in [0.2, 0.25) is 10.0 Å². The van der Waals surface area contributed by atoms with E-state index in [2.05, 4.69) is 4.99 Å². The van der Waals surface area contributed by atoms with Gasteiger partial charge in [0.15, 0.2) is 11.6 Å². The second kappa shape index (κ2) is 12.7. The minimum Gasteiger partial charge on any atom is -0.506 e. The van der Waals surface area contributed by atoms with Gasteiger partial charge in [-0.15, -0.1) is 22.7 Å². The van der Waals surface area contributed by atoms with Crippen LogP contribution in [0.25, 0.3) is 10.4 Å². The maximum absolute atomic E-state index is 12.8. The molecular weight excluding hydrogens is 575 g/mol. The Morgan fingerprint density at radius 3 is 2.26 bits per heavy atom. The molecule has 0 fully saturated rings. The number of rotatable bonds is 11. The molecule has 39 heavy (non-hydrogen) atoms. The summed E-state index contributed by atoms with van der Waals surface area (Å²) in [5.74, 6) is -0.570. The van der Waals surface area contributed by atoms with Gasteiger partial charge in [0.05, 0.1) is 31.1 Å². The molecule has 3 N–H and O–H groups in total. The Morgan fingerprint density at radius 2 is 1.59 bits per heavy atom. The predicted octanol–water partition coefficient (Wildman–Crippen LogP) is 7.02. The number of amides is 1. The van der Waals surface area contributed by atoms with Gasteiger partial charge in [-0.1, -0.05) is 53.5 Å². The highest BCUT2D eigenvalue weighted by Crippen LogP contribution is 2.40. The molecule has 0 aliphatic heterocycles. The van der Waals surface area contributed by atoms with Crippen molar-refractivity contribution >= 4 is 69.1 Å². The first-order valence-electron chi connectivity index (χ1n) is 11.9. The first-order chi connectivity index (χ1) is 18.6. The van der Waals surface area contributed by atoms with E-state index in [1.54, 1.807) is 42.6 Å². The molecule has 0 aliphatic carbocycles. The zero-order valence-electron chi connectivity index (χ0n) is 20.9. The third-order valence-corrected chi connectivity index (χ3v) is 8.92. The Bertz CT molecular complexity index is 1570. The molecule has 6 nitrogen and oxygen atoms in total. The smallest absolute Gasteiger partial charge is 0.221 e. The van der Waals surface area contributed by atoms with Crippen molar-refractivity contribution in [2.45, 2.75) is 26.2 Å². The SMILES string of the molecule is CC(=NCC(=O)c1ccc(C(=O)CCc2ccc(CC(N)=O)cc2)s1)c1csc(-c2ccc(Cl)c(Cl)c2)c1O. The summed E-state index contributed by atoms with van der Waals surface area (Å²) >= 11 is 14.6. The second-order valence-corrected chi connectivity index (χ2v) is 11.6. The van der Waals surface area contributed by atoms with E-state index in [0.29, 0.717) is 48.8 Å². The molecule has 4 aromatic rings. The zero-order valence-corrected chi connectivity index (χ0v) is 24.0. The summed E-state index contributed by atoms with van der Waals surface area (Å²) in [6.45, 7) is 1.63. The van der Waals surface area contributed by atoms with Crippen LogP contribution in [0, 0.1) is 0 Å². The lowest BCUT2D eigenvalue weighted by Gasteiger charge is -2.03. The molecule has 10 heteroatoms. The summed E-state index contributed by atoms with van der Waals surface area (Å²) in [7, 11) is 0. The maximum atomic E-state index is 12.8. The molecule has 2 heterocycles. The molecule has 0 atom stereocenters. The van der Waals surface area contributed by atoms with Crippen LogP contribution in [0.15, 0.2) is 65.0 Å². The van der Waals surface area contributed by atoms with Crippen molar-refractivity contribution in [3.8, 4) is 16.2 Å². The Hall–Kier alpha value is -3.30. The molecule has 0 bridgehead atoms. The Morgan fingerprint density at radius 1 is 0.923 bits per heavy atom. The summed E-state index contributed by atoms with van der Waals surface area (Å²) in [5.41, 5.74) is 8.83. The van der Waals surface area contributed by atoms with Gasteiger partial charge >= 0.3 is 0 Å². The third-order valence-electron chi connectivity index (χ3n) is 5.99. The molecule has 4 rings (SSSR count). The number of aromatic hydroxyl groups is 1. The van der Waals surface area contributed by atoms with E-state index in [1.807, 2.05) is 24.3 Å². The molecule has 2 aromatic heterocycles. The summed E-state index contributed by atoms with van der Waals surface area (Å²) in [5, 5.41) is 13.4. The zero-order chi connectivity index (χ0) is 28.1. The number of hydrogen-bond donors (Lipinski definition) is 2. The first kappa shape index (κ1) is 28.7. The average molecular weight is 600 g/mol. The van der Waals surface area contributed by atoms with Gasteiger partial charge in [-0.2, -0.15) is 0 Å². The summed E-state index contributed by atoms with van der Waals surface area (Å²) < 4.78 is 0. The minimum absolute atomic E-state index is 0.0435. The van der Waals surface area contributed by atoms with E-state index in [9.17, 15) is 19.5 Å². The molecule has 0 radical (unpaired) electrons. The van der Waals surface area contributed by atoms with Crippen LogP contribution in [0.5, 0.6) is 5.75 Å². The van der Waals surface area contributed by atoms with Crippen molar-refractivity contribution < 1.29 is 19.5 Å². The van der Waals surface area contributed by atoms with Gasteiger partial charge in [0, 0.05) is 23.1 Å². The van der Waals surface area contributed by atoms with Crippen LogP contribution in [-0.2, 0) is 17.6 Å². The van der Waals surface area contributed by atoms with E-state index in [4.69, 9.17) is 28.9 Å². The Kier molecular flexibility index (Phi) is 9.35. The lowest BCUT2D eigenvalue weighted by Crippen LogP contribution is -2.13. The number of nitrogens with two attached hydrogens (primary N) is 1. The van der Waals surface area contributed by atoms with Crippen LogP contribution in [0.4, 0.5) is 0 Å². The fourth-order valence-corrected chi connectivity index (χ4v) is 6.05. The second-order valence-electron chi connectivity index (χ2n) is 8.83. The van der Waals surface area contributed by atoms with Crippen molar-refractivity contribution in [2.75, 3.05) is 6.54 Å². The molecule has 0 spiro atoms. The number of aliphatic imine (C=N–C) groups is 1. The number of primary amides is 1. The van der Waals surface area contributed by atoms with Crippen molar-refractivity contribution in [1.82, 2.24) is 0 Å². The van der Waals surface area contributed by atoms with Gasteiger partial charge in [0.2, 0.25) is 5.91 Å². The van der Waals surface area contributed by atoms with Crippen LogP contribution in [0.1, 0.15) is 49.4 Å². The Labute approximate surface area is 243 Å². The van der Waals surface area contributed by atoms with Crippen LogP contribution >= 0.6 is 45.9 Å². The molecule has 0 aliphatic rings. The minimum atomic E-state index is -0.388. The number of nitrogens with zero attached hydrogens (tertiary/aromatic N) is 1. The van der Waals surface area contributed by atoms with Gasteiger partial charge in [0.25, 0.3) is 0 Å². The molecule has 0 saturated carbocycles. The topological polar surface area (TPSA) is 110 Å². The van der Waals surface area contributed by atoms with Gasteiger partial charge in [0.1, 0.15) is 12.3 Å². The van der Waals surface area contributed by atoms with Crippen molar-refractivity contribution in [2.24, 2.45) is 10.7 Å². The largest absolute Gasteiger partial charge is 0.506 e. The molecule has 0 saturated heterocycles. The fraction of sp³-hybridized carbons (Fsp3) is 0.172. The van der Waals surface area contributed by atoms with Crippen molar-refractivity contribution in [3.05, 3.63) is 96.5 Å². The quantitative estimate of drug-likeness (QED) is 0.143. The number of hydrogen-bond acceptors (Lipinski definition) is 7. The number of aryl methyl sites for hydroxylation is 1. The number of thiophene rings is 2. The lowest BCUT2D eigenvalue weighted by molar-refractivity contribution is -0.117. The number of carbonyl (C=O) groups is 3. The normalized spacial score (nSPS) is 11.5. The van der Waals surface area contributed by atoms with Crippen LogP contribution in [0.3, 0.4) is 0 Å². The first-order valence-corrected chi connectivity index (χ1v) is 14.4. The number of ketones is 2. The highest BCUT2D eigenvalue weighted by Gasteiger charge is 2.17. The fourth-order valence-electron chi connectivity index (χ4n) is 3.85. The maximum Gasteiger partial charge on any atom is 0.221 e. The number of Topliss-reactive ketones (excluding diaryl/α,β-unsaturated/α-hetero) is 2. The molecule has 2 aromatic carbocycles. The highest BCUT2D eigenvalue weighted by atomic mass is 35.5. The standard InChI is InChI=1S/C29H24Cl2N2O4S2/c1-16(20-15-38-29(28(20)37)19-7-8-21(30)22(31)13-19)33-14-24(35)26-11-10-25(39-26)23(34)9-6-17-2-4-18(5-3-17)12-27(32)36/h2-5,7-8,10-11,13,15,37H,6,9,12,14H2,1H3,(H2,32,36). The number of carbonyl (C=O) groups excluding carboxylic acids is 3. The van der Waals surface area contributed by atoms with E-state index in [0.717, 1.165) is 28.0 Å². The van der Waals surface area contributed by atoms with Gasteiger partial charge in [-0.3, -0.25) is 19.4 Å². The third kappa shape index (κ3) is 7.22. The molecular formula is C29H24Cl2N2O4S2. The van der Waals surface area contributed by atoms with E-state index < -0.39 is 0 Å². The average Bonchev–Trinajstić information content (AvgIpc) is 3.55. The predicted molar refractivity (Wildman–Crippen MR) is 159 cm³/mol. The number of benzene rings is 2. The molecule has 200 valence electrons. The molecule has 0 unspecified atom stereocenters.